The van der Waals surface area contributed by atoms with Gasteiger partial charge in [-0.2, -0.15) is 0 Å². The number of fused-ring (bicyclic) bond motifs is 5. The van der Waals surface area contributed by atoms with E-state index < -0.39 is 0 Å². The molecule has 23 heavy (non-hydrogen) atoms. The predicted molar refractivity (Wildman–Crippen MR) is 99.4 cm³/mol. The van der Waals surface area contributed by atoms with Crippen LogP contribution >= 0.6 is 0 Å². The maximum atomic E-state index is 2.72. The standard InChI is InChI=1S/C23H40/c1-4-5-8-17-11-13-20-19-12-10-18-9-6-7-15-22(18,2)21(19)14-16-23(17,20)3/h17-21H,4-16H2,1-3H3/t17?,18?,19-,20-,21-,22-,23+/m0/s1. The Balaban J connectivity index is 1.55. The summed E-state index contributed by atoms with van der Waals surface area (Å²) in [4.78, 5) is 0. The van der Waals surface area contributed by atoms with Gasteiger partial charge in [0, 0.05) is 0 Å². The topological polar surface area (TPSA) is 0 Å². The van der Waals surface area contributed by atoms with Crippen molar-refractivity contribution in [2.45, 2.75) is 104 Å². The van der Waals surface area contributed by atoms with E-state index in [9.17, 15) is 0 Å². The van der Waals surface area contributed by atoms with Crippen molar-refractivity contribution >= 4 is 0 Å². The Labute approximate surface area is 145 Å². The minimum Gasteiger partial charge on any atom is -0.0654 e. The van der Waals surface area contributed by atoms with E-state index in [0.717, 1.165) is 35.0 Å². The van der Waals surface area contributed by atoms with Crippen LogP contribution in [0.2, 0.25) is 0 Å². The number of hydrogen-bond acceptors (Lipinski definition) is 0. The van der Waals surface area contributed by atoms with Gasteiger partial charge in [-0.3, -0.25) is 0 Å². The highest BCUT2D eigenvalue weighted by molar-refractivity contribution is 5.08. The van der Waals surface area contributed by atoms with E-state index in [-0.39, 0.29) is 0 Å². The van der Waals surface area contributed by atoms with Crippen molar-refractivity contribution < 1.29 is 0 Å². The van der Waals surface area contributed by atoms with Gasteiger partial charge in [0.05, 0.1) is 0 Å². The zero-order valence-corrected chi connectivity index (χ0v) is 16.1. The highest BCUT2D eigenvalue weighted by Gasteiger charge is 2.59. The predicted octanol–water partition coefficient (Wildman–Crippen LogP) is 7.23. The molecule has 0 heterocycles. The molecule has 4 fully saturated rings. The zero-order valence-electron chi connectivity index (χ0n) is 16.1. The first kappa shape index (κ1) is 16.5. The van der Waals surface area contributed by atoms with Gasteiger partial charge in [0.1, 0.15) is 0 Å². The van der Waals surface area contributed by atoms with Crippen molar-refractivity contribution in [1.29, 1.82) is 0 Å². The fourth-order valence-corrected chi connectivity index (χ4v) is 8.33. The Morgan fingerprint density at radius 3 is 2.43 bits per heavy atom. The van der Waals surface area contributed by atoms with Crippen LogP contribution in [-0.2, 0) is 0 Å². The molecular formula is C23H40. The molecule has 0 radical (unpaired) electrons. The van der Waals surface area contributed by atoms with Crippen molar-refractivity contribution in [1.82, 2.24) is 0 Å². The summed E-state index contributed by atoms with van der Waals surface area (Å²) in [6.45, 7) is 7.81. The van der Waals surface area contributed by atoms with Crippen molar-refractivity contribution in [2.75, 3.05) is 0 Å². The Morgan fingerprint density at radius 2 is 1.61 bits per heavy atom. The molecule has 0 heteroatoms. The van der Waals surface area contributed by atoms with Crippen LogP contribution in [0.1, 0.15) is 104 Å². The van der Waals surface area contributed by atoms with E-state index in [1.807, 2.05) is 0 Å². The smallest absolute Gasteiger partial charge is 0.0266 e. The molecule has 0 N–H and O–H groups in total. The molecule has 0 saturated heterocycles. The molecule has 4 aliphatic carbocycles. The van der Waals surface area contributed by atoms with E-state index in [2.05, 4.69) is 20.8 Å². The molecule has 0 aromatic carbocycles. The second-order valence-corrected chi connectivity index (χ2v) is 10.4. The van der Waals surface area contributed by atoms with E-state index in [1.54, 1.807) is 51.4 Å². The summed E-state index contributed by atoms with van der Waals surface area (Å²) in [6.07, 6.45) is 20.0. The first-order chi connectivity index (χ1) is 11.1. The summed E-state index contributed by atoms with van der Waals surface area (Å²) >= 11 is 0. The first-order valence-electron chi connectivity index (χ1n) is 11.1. The third kappa shape index (κ3) is 2.44. The lowest BCUT2D eigenvalue weighted by Gasteiger charge is -2.60. The average molecular weight is 317 g/mol. The Hall–Kier alpha value is 0. The molecular weight excluding hydrogens is 276 g/mol. The van der Waals surface area contributed by atoms with Crippen molar-refractivity contribution in [2.24, 2.45) is 40.4 Å². The Morgan fingerprint density at radius 1 is 0.783 bits per heavy atom. The molecule has 0 aromatic heterocycles. The summed E-state index contributed by atoms with van der Waals surface area (Å²) in [5.74, 6) is 5.41. The van der Waals surface area contributed by atoms with Gasteiger partial charge in [0.15, 0.2) is 0 Å². The Kier molecular flexibility index (Phi) is 4.34. The van der Waals surface area contributed by atoms with Crippen molar-refractivity contribution in [3.05, 3.63) is 0 Å². The number of rotatable bonds is 3. The lowest BCUT2D eigenvalue weighted by atomic mass is 9.45. The van der Waals surface area contributed by atoms with Gasteiger partial charge >= 0.3 is 0 Å². The molecule has 4 saturated carbocycles. The van der Waals surface area contributed by atoms with Crippen LogP contribution in [0.15, 0.2) is 0 Å². The SMILES string of the molecule is CCCCC1CC[C@H]2[C@@H]3CCC4CCCC[C@]4(C)[C@H]3CC[C@]12C. The van der Waals surface area contributed by atoms with Gasteiger partial charge in [-0.05, 0) is 98.2 Å². The van der Waals surface area contributed by atoms with E-state index >= 15 is 0 Å². The van der Waals surface area contributed by atoms with E-state index in [1.165, 1.54) is 32.1 Å². The van der Waals surface area contributed by atoms with Crippen LogP contribution in [0.25, 0.3) is 0 Å². The molecule has 7 atom stereocenters. The fraction of sp³-hybridized carbons (Fsp3) is 1.00. The zero-order chi connectivity index (χ0) is 16.1. The molecule has 0 bridgehead atoms. The molecule has 0 amide bonds. The summed E-state index contributed by atoms with van der Waals surface area (Å²) in [5.41, 5.74) is 1.44. The maximum absolute atomic E-state index is 2.72. The quantitative estimate of drug-likeness (QED) is 0.515. The summed E-state index contributed by atoms with van der Waals surface area (Å²) in [7, 11) is 0. The molecule has 4 rings (SSSR count). The minimum absolute atomic E-state index is 0.716. The van der Waals surface area contributed by atoms with E-state index in [4.69, 9.17) is 0 Å². The fourth-order valence-electron chi connectivity index (χ4n) is 8.33. The van der Waals surface area contributed by atoms with Gasteiger partial charge < -0.3 is 0 Å². The van der Waals surface area contributed by atoms with Crippen LogP contribution in [-0.4, -0.2) is 0 Å². The first-order valence-corrected chi connectivity index (χ1v) is 11.1. The largest absolute Gasteiger partial charge is 0.0654 e. The van der Waals surface area contributed by atoms with E-state index in [0.29, 0.717) is 5.41 Å². The van der Waals surface area contributed by atoms with Gasteiger partial charge in [-0.15, -0.1) is 0 Å². The second kappa shape index (κ2) is 6.06. The molecule has 0 aromatic rings. The third-order valence-electron chi connectivity index (χ3n) is 9.69. The number of hydrogen-bond donors (Lipinski definition) is 0. The summed E-state index contributed by atoms with van der Waals surface area (Å²) in [5, 5.41) is 0. The average Bonchev–Trinajstić information content (AvgIpc) is 2.89. The van der Waals surface area contributed by atoms with Gasteiger partial charge in [-0.25, -0.2) is 0 Å². The Bertz CT molecular complexity index is 426. The van der Waals surface area contributed by atoms with Gasteiger partial charge in [0.2, 0.25) is 0 Å². The normalized spacial score (nSPS) is 52.6. The molecule has 132 valence electrons. The highest BCUT2D eigenvalue weighted by atomic mass is 14.6. The summed E-state index contributed by atoms with van der Waals surface area (Å²) in [6, 6.07) is 0. The van der Waals surface area contributed by atoms with Crippen LogP contribution in [0.4, 0.5) is 0 Å². The lowest BCUT2D eigenvalue weighted by Crippen LogP contribution is -2.52. The maximum Gasteiger partial charge on any atom is -0.0266 e. The van der Waals surface area contributed by atoms with Crippen molar-refractivity contribution in [3.63, 3.8) is 0 Å². The van der Waals surface area contributed by atoms with Crippen molar-refractivity contribution in [3.8, 4) is 0 Å². The van der Waals surface area contributed by atoms with Crippen LogP contribution in [0, 0.1) is 40.4 Å². The molecule has 0 aliphatic heterocycles. The number of unbranched alkanes of at least 4 members (excludes halogenated alkanes) is 1. The van der Waals surface area contributed by atoms with Gasteiger partial charge in [-0.1, -0.05) is 46.5 Å². The third-order valence-corrected chi connectivity index (χ3v) is 9.69. The monoisotopic (exact) mass is 316 g/mol. The highest BCUT2D eigenvalue weighted by Crippen LogP contribution is 2.67. The second-order valence-electron chi connectivity index (χ2n) is 10.4. The molecule has 0 nitrogen and oxygen atoms in total. The van der Waals surface area contributed by atoms with Crippen LogP contribution < -0.4 is 0 Å². The van der Waals surface area contributed by atoms with Crippen LogP contribution in [0.3, 0.4) is 0 Å². The minimum atomic E-state index is 0.716. The van der Waals surface area contributed by atoms with Crippen LogP contribution in [0.5, 0.6) is 0 Å². The molecule has 4 aliphatic rings. The molecule has 0 spiro atoms. The lowest BCUT2D eigenvalue weighted by molar-refractivity contribution is -0.111. The summed E-state index contributed by atoms with van der Waals surface area (Å²) < 4.78 is 0. The van der Waals surface area contributed by atoms with Gasteiger partial charge in [0.25, 0.3) is 0 Å². The molecule has 2 unspecified atom stereocenters.